The van der Waals surface area contributed by atoms with Gasteiger partial charge in [0.25, 0.3) is 0 Å². The number of esters is 2. The molecule has 1 fully saturated rings. The predicted octanol–water partition coefficient (Wildman–Crippen LogP) is 2.87. The first kappa shape index (κ1) is 19.9. The van der Waals surface area contributed by atoms with E-state index < -0.39 is 17.5 Å². The van der Waals surface area contributed by atoms with E-state index in [1.165, 1.54) is 20.8 Å². The number of rotatable bonds is 6. The molecule has 2 rings (SSSR count). The SMILES string of the molecule is CC(=O)OC[C@]1([C@@H](c2ccccc2)N(C)C(C)=O)CCC[C@H]1OC(C)=O. The number of hydrogen-bond acceptors (Lipinski definition) is 5. The first-order chi connectivity index (χ1) is 12.3. The van der Waals surface area contributed by atoms with Crippen molar-refractivity contribution in [1.82, 2.24) is 4.90 Å². The zero-order valence-electron chi connectivity index (χ0n) is 15.9. The highest BCUT2D eigenvalue weighted by Gasteiger charge is 2.54. The molecule has 0 heterocycles. The van der Waals surface area contributed by atoms with Crippen LogP contribution in [0.4, 0.5) is 0 Å². The Morgan fingerprint density at radius 2 is 1.81 bits per heavy atom. The fourth-order valence-corrected chi connectivity index (χ4v) is 3.99. The average Bonchev–Trinajstić information content (AvgIpc) is 2.96. The molecule has 142 valence electrons. The Labute approximate surface area is 154 Å². The number of hydrogen-bond donors (Lipinski definition) is 0. The molecule has 1 aromatic carbocycles. The van der Waals surface area contributed by atoms with E-state index in [1.807, 2.05) is 30.3 Å². The van der Waals surface area contributed by atoms with Gasteiger partial charge in [0.2, 0.25) is 5.91 Å². The molecule has 0 aromatic heterocycles. The summed E-state index contributed by atoms with van der Waals surface area (Å²) >= 11 is 0. The van der Waals surface area contributed by atoms with Crippen molar-refractivity contribution in [2.45, 2.75) is 52.2 Å². The predicted molar refractivity (Wildman–Crippen MR) is 96.1 cm³/mol. The van der Waals surface area contributed by atoms with Crippen LogP contribution in [0, 0.1) is 5.41 Å². The smallest absolute Gasteiger partial charge is 0.302 e. The van der Waals surface area contributed by atoms with E-state index in [2.05, 4.69) is 0 Å². The molecule has 1 amide bonds. The summed E-state index contributed by atoms with van der Waals surface area (Å²) in [5.74, 6) is -0.869. The molecule has 6 heteroatoms. The van der Waals surface area contributed by atoms with Gasteiger partial charge in [0.15, 0.2) is 0 Å². The number of amides is 1. The summed E-state index contributed by atoms with van der Waals surface area (Å²) in [4.78, 5) is 37.1. The lowest BCUT2D eigenvalue weighted by Crippen LogP contribution is -2.50. The van der Waals surface area contributed by atoms with Gasteiger partial charge < -0.3 is 14.4 Å². The van der Waals surface area contributed by atoms with Gasteiger partial charge in [-0.05, 0) is 24.8 Å². The van der Waals surface area contributed by atoms with E-state index in [4.69, 9.17) is 9.47 Å². The van der Waals surface area contributed by atoms with Crippen LogP contribution in [0.25, 0.3) is 0 Å². The highest BCUT2D eigenvalue weighted by Crippen LogP contribution is 2.51. The topological polar surface area (TPSA) is 72.9 Å². The molecule has 0 aliphatic heterocycles. The molecule has 0 saturated heterocycles. The Bertz CT molecular complexity index is 659. The van der Waals surface area contributed by atoms with Crippen molar-refractivity contribution >= 4 is 17.8 Å². The number of carbonyl (C=O) groups excluding carboxylic acids is 3. The van der Waals surface area contributed by atoms with Crippen molar-refractivity contribution in [1.29, 1.82) is 0 Å². The van der Waals surface area contributed by atoms with Crippen molar-refractivity contribution in [3.05, 3.63) is 35.9 Å². The molecule has 1 aliphatic carbocycles. The summed E-state index contributed by atoms with van der Waals surface area (Å²) < 4.78 is 11.0. The maximum atomic E-state index is 12.2. The van der Waals surface area contributed by atoms with Crippen LogP contribution < -0.4 is 0 Å². The van der Waals surface area contributed by atoms with Gasteiger partial charge in [0.05, 0.1) is 11.5 Å². The number of carbonyl (C=O) groups is 3. The summed E-state index contributed by atoms with van der Waals surface area (Å²) in [6.45, 7) is 4.33. The average molecular weight is 361 g/mol. The van der Waals surface area contributed by atoms with Gasteiger partial charge in [-0.2, -0.15) is 0 Å². The molecule has 3 atom stereocenters. The van der Waals surface area contributed by atoms with Gasteiger partial charge >= 0.3 is 11.9 Å². The molecule has 0 unspecified atom stereocenters. The fraction of sp³-hybridized carbons (Fsp3) is 0.550. The van der Waals surface area contributed by atoms with Crippen LogP contribution in [-0.2, 0) is 23.9 Å². The third-order valence-electron chi connectivity index (χ3n) is 5.15. The lowest BCUT2D eigenvalue weighted by Gasteiger charge is -2.45. The fourth-order valence-electron chi connectivity index (χ4n) is 3.99. The Morgan fingerprint density at radius 3 is 2.35 bits per heavy atom. The van der Waals surface area contributed by atoms with E-state index in [1.54, 1.807) is 11.9 Å². The molecular weight excluding hydrogens is 334 g/mol. The molecule has 1 saturated carbocycles. The van der Waals surface area contributed by atoms with Gasteiger partial charge in [-0.15, -0.1) is 0 Å². The minimum absolute atomic E-state index is 0.0947. The van der Waals surface area contributed by atoms with E-state index in [0.717, 1.165) is 12.0 Å². The standard InChI is InChI=1S/C20H27NO5/c1-14(22)21(4)19(17-9-6-5-7-10-17)20(13-25-15(2)23)12-8-11-18(20)26-16(3)24/h5-7,9-10,18-19H,8,11-13H2,1-4H3/t18-,19-,20-/m1/s1. The van der Waals surface area contributed by atoms with Crippen molar-refractivity contribution in [3.8, 4) is 0 Å². The number of nitrogens with zero attached hydrogens (tertiary/aromatic N) is 1. The minimum atomic E-state index is -0.681. The first-order valence-corrected chi connectivity index (χ1v) is 8.87. The summed E-state index contributed by atoms with van der Waals surface area (Å²) in [6.07, 6.45) is 1.77. The Kier molecular flexibility index (Phi) is 6.40. The highest BCUT2D eigenvalue weighted by molar-refractivity contribution is 5.74. The molecule has 0 N–H and O–H groups in total. The third kappa shape index (κ3) is 4.23. The number of ether oxygens (including phenoxy) is 2. The maximum absolute atomic E-state index is 12.2. The van der Waals surface area contributed by atoms with Crippen LogP contribution in [0.1, 0.15) is 51.6 Å². The van der Waals surface area contributed by atoms with Crippen molar-refractivity contribution in [2.75, 3.05) is 13.7 Å². The van der Waals surface area contributed by atoms with Crippen LogP contribution in [0.5, 0.6) is 0 Å². The van der Waals surface area contributed by atoms with Crippen LogP contribution >= 0.6 is 0 Å². The zero-order valence-corrected chi connectivity index (χ0v) is 15.9. The summed E-state index contributed by atoms with van der Waals surface area (Å²) in [5.41, 5.74) is 0.246. The highest BCUT2D eigenvalue weighted by atomic mass is 16.6. The molecule has 0 spiro atoms. The minimum Gasteiger partial charge on any atom is -0.465 e. The van der Waals surface area contributed by atoms with Gasteiger partial charge in [-0.3, -0.25) is 14.4 Å². The Hall–Kier alpha value is -2.37. The van der Waals surface area contributed by atoms with Crippen LogP contribution in [-0.4, -0.2) is 42.5 Å². The Morgan fingerprint density at radius 1 is 1.15 bits per heavy atom. The molecular formula is C20H27NO5. The van der Waals surface area contributed by atoms with Crippen molar-refractivity contribution in [2.24, 2.45) is 5.41 Å². The lowest BCUT2D eigenvalue weighted by atomic mass is 9.73. The van der Waals surface area contributed by atoms with Crippen LogP contribution in [0.2, 0.25) is 0 Å². The van der Waals surface area contributed by atoms with Gasteiger partial charge in [-0.1, -0.05) is 30.3 Å². The molecule has 0 radical (unpaired) electrons. The van der Waals surface area contributed by atoms with Crippen molar-refractivity contribution < 1.29 is 23.9 Å². The van der Waals surface area contributed by atoms with Crippen LogP contribution in [0.15, 0.2) is 30.3 Å². The van der Waals surface area contributed by atoms with E-state index in [9.17, 15) is 14.4 Å². The second-order valence-electron chi connectivity index (χ2n) is 6.95. The van der Waals surface area contributed by atoms with Crippen LogP contribution in [0.3, 0.4) is 0 Å². The second kappa shape index (κ2) is 8.34. The first-order valence-electron chi connectivity index (χ1n) is 8.87. The molecule has 26 heavy (non-hydrogen) atoms. The summed E-state index contributed by atoms with van der Waals surface area (Å²) in [7, 11) is 1.73. The van der Waals surface area contributed by atoms with E-state index in [-0.39, 0.29) is 24.5 Å². The number of benzene rings is 1. The largest absolute Gasteiger partial charge is 0.465 e. The van der Waals surface area contributed by atoms with Gasteiger partial charge in [-0.25, -0.2) is 0 Å². The second-order valence-corrected chi connectivity index (χ2v) is 6.95. The molecule has 1 aliphatic rings. The summed E-state index contributed by atoms with van der Waals surface area (Å²) in [5, 5.41) is 0. The summed E-state index contributed by atoms with van der Waals surface area (Å²) in [6, 6.07) is 9.25. The normalized spacial score (nSPS) is 23.2. The van der Waals surface area contributed by atoms with Crippen molar-refractivity contribution in [3.63, 3.8) is 0 Å². The van der Waals surface area contributed by atoms with E-state index >= 15 is 0 Å². The monoisotopic (exact) mass is 361 g/mol. The van der Waals surface area contributed by atoms with Gasteiger partial charge in [0, 0.05) is 27.8 Å². The lowest BCUT2D eigenvalue weighted by molar-refractivity contribution is -0.165. The van der Waals surface area contributed by atoms with Gasteiger partial charge in [0.1, 0.15) is 12.7 Å². The zero-order chi connectivity index (χ0) is 19.3. The quantitative estimate of drug-likeness (QED) is 0.729. The molecule has 1 aromatic rings. The van der Waals surface area contributed by atoms with E-state index in [0.29, 0.717) is 12.8 Å². The molecule has 6 nitrogen and oxygen atoms in total. The molecule has 0 bridgehead atoms. The third-order valence-corrected chi connectivity index (χ3v) is 5.15. The maximum Gasteiger partial charge on any atom is 0.302 e. The Balaban J connectivity index is 2.55.